The number of hydrogen-bond acceptors (Lipinski definition) is 8. The van der Waals surface area contributed by atoms with Crippen molar-refractivity contribution in [2.75, 3.05) is 18.4 Å². The monoisotopic (exact) mass is 506 g/mol. The van der Waals surface area contributed by atoms with E-state index in [4.69, 9.17) is 4.74 Å². The number of ether oxygens (including phenoxy) is 1. The zero-order valence-corrected chi connectivity index (χ0v) is 21.8. The Hall–Kier alpha value is -3.76. The Morgan fingerprint density at radius 3 is 2.51 bits per heavy atom. The van der Waals surface area contributed by atoms with Crippen molar-refractivity contribution in [1.82, 2.24) is 34.7 Å². The van der Waals surface area contributed by atoms with Crippen molar-refractivity contribution < 1.29 is 14.3 Å². The maximum absolute atomic E-state index is 12.5. The Bertz CT molecular complexity index is 1290. The highest BCUT2D eigenvalue weighted by Crippen LogP contribution is 2.35. The zero-order chi connectivity index (χ0) is 26.2. The molecule has 1 saturated heterocycles. The van der Waals surface area contributed by atoms with E-state index in [9.17, 15) is 9.59 Å². The molecule has 0 spiro atoms. The van der Waals surface area contributed by atoms with Gasteiger partial charge in [-0.1, -0.05) is 6.07 Å². The van der Waals surface area contributed by atoms with E-state index >= 15 is 0 Å². The first-order valence-electron chi connectivity index (χ1n) is 12.8. The minimum Gasteiger partial charge on any atom is -0.444 e. The van der Waals surface area contributed by atoms with Gasteiger partial charge in [0.2, 0.25) is 0 Å². The van der Waals surface area contributed by atoms with Gasteiger partial charge < -0.3 is 24.8 Å². The molecule has 3 aromatic heterocycles. The predicted octanol–water partition coefficient (Wildman–Crippen LogP) is 3.47. The third-order valence-corrected chi connectivity index (χ3v) is 6.81. The van der Waals surface area contributed by atoms with Gasteiger partial charge in [0.05, 0.1) is 6.33 Å². The highest BCUT2D eigenvalue weighted by Gasteiger charge is 2.34. The van der Waals surface area contributed by atoms with Crippen molar-refractivity contribution >= 4 is 29.0 Å². The van der Waals surface area contributed by atoms with Crippen molar-refractivity contribution in [1.29, 1.82) is 0 Å². The van der Waals surface area contributed by atoms with E-state index in [1.165, 1.54) is 0 Å². The summed E-state index contributed by atoms with van der Waals surface area (Å²) < 4.78 is 7.56. The fourth-order valence-electron chi connectivity index (χ4n) is 4.81. The maximum atomic E-state index is 12.5. The van der Waals surface area contributed by atoms with E-state index in [1.807, 2.05) is 39.8 Å². The molecule has 2 amide bonds. The van der Waals surface area contributed by atoms with Gasteiger partial charge in [-0.15, -0.1) is 0 Å². The van der Waals surface area contributed by atoms with Gasteiger partial charge in [0, 0.05) is 36.9 Å². The van der Waals surface area contributed by atoms with E-state index in [0.717, 1.165) is 42.5 Å². The summed E-state index contributed by atoms with van der Waals surface area (Å²) in [5, 5.41) is 6.58. The topological polar surface area (TPSA) is 127 Å². The normalized spacial score (nSPS) is 20.4. The number of aromatic nitrogens is 5. The number of anilines is 1. The summed E-state index contributed by atoms with van der Waals surface area (Å²) in [6, 6.07) is 5.93. The number of hydrogen-bond donors (Lipinski definition) is 2. The number of amides is 2. The molecule has 2 fully saturated rings. The number of aryl methyl sites for hydroxylation is 1. The van der Waals surface area contributed by atoms with E-state index in [-0.39, 0.29) is 30.1 Å². The number of fused-ring (bicyclic) bond motifs is 1. The molecular formula is C26H34N8O3. The highest BCUT2D eigenvalue weighted by molar-refractivity contribution is 5.92. The molecule has 0 atom stereocenters. The van der Waals surface area contributed by atoms with Gasteiger partial charge in [-0.3, -0.25) is 4.79 Å². The molecule has 1 aliphatic carbocycles. The fraction of sp³-hybridized carbons (Fsp3) is 0.538. The Morgan fingerprint density at radius 2 is 1.81 bits per heavy atom. The van der Waals surface area contributed by atoms with Crippen LogP contribution < -0.4 is 10.6 Å². The van der Waals surface area contributed by atoms with Crippen LogP contribution in [-0.4, -0.2) is 72.2 Å². The fourth-order valence-corrected chi connectivity index (χ4v) is 4.81. The van der Waals surface area contributed by atoms with Gasteiger partial charge in [0.15, 0.2) is 11.5 Å². The summed E-state index contributed by atoms with van der Waals surface area (Å²) in [6.07, 6.45) is 6.30. The van der Waals surface area contributed by atoms with Crippen LogP contribution in [0.1, 0.15) is 68.7 Å². The number of likely N-dealkylation sites (tertiary alicyclic amines) is 1. The molecule has 11 nitrogen and oxygen atoms in total. The smallest absolute Gasteiger partial charge is 0.410 e. The molecule has 3 aromatic rings. The van der Waals surface area contributed by atoms with Crippen LogP contribution in [0.3, 0.4) is 0 Å². The summed E-state index contributed by atoms with van der Waals surface area (Å²) >= 11 is 0. The number of rotatable bonds is 5. The number of carbonyl (C=O) groups excluding carboxylic acids is 2. The quantitative estimate of drug-likeness (QED) is 0.539. The Kier molecular flexibility index (Phi) is 6.70. The number of piperidine rings is 1. The number of imidazole rings is 1. The van der Waals surface area contributed by atoms with Gasteiger partial charge in [-0.25, -0.2) is 24.7 Å². The lowest BCUT2D eigenvalue weighted by Crippen LogP contribution is -2.45. The number of nitrogens with zero attached hydrogens (tertiary/aromatic N) is 6. The molecule has 4 heterocycles. The number of nitrogens with one attached hydrogen (secondary N) is 2. The first-order chi connectivity index (χ1) is 17.7. The SMILES string of the molecule is Cc1cccc(C(=O)NC2CC(n3cnc4c(NC5CCN(C(=O)OC(C)(C)C)CC5)ncnc43)C2)n1. The van der Waals surface area contributed by atoms with Crippen molar-refractivity contribution in [3.63, 3.8) is 0 Å². The minimum absolute atomic E-state index is 0.0897. The van der Waals surface area contributed by atoms with Crippen LogP contribution >= 0.6 is 0 Å². The zero-order valence-electron chi connectivity index (χ0n) is 21.8. The first-order valence-corrected chi connectivity index (χ1v) is 12.8. The second-order valence-corrected chi connectivity index (χ2v) is 10.9. The molecule has 0 bridgehead atoms. The molecular weight excluding hydrogens is 472 g/mol. The van der Waals surface area contributed by atoms with E-state index in [1.54, 1.807) is 23.6 Å². The Morgan fingerprint density at radius 1 is 1.05 bits per heavy atom. The van der Waals surface area contributed by atoms with E-state index < -0.39 is 5.60 Å². The van der Waals surface area contributed by atoms with Gasteiger partial charge >= 0.3 is 6.09 Å². The lowest BCUT2D eigenvalue weighted by Gasteiger charge is -2.36. The Labute approximate surface area is 216 Å². The number of pyridine rings is 1. The first kappa shape index (κ1) is 24.9. The van der Waals surface area contributed by atoms with Crippen LogP contribution in [0.25, 0.3) is 11.2 Å². The van der Waals surface area contributed by atoms with Gasteiger partial charge in [-0.2, -0.15) is 0 Å². The molecule has 0 aromatic carbocycles. The molecule has 5 rings (SSSR count). The van der Waals surface area contributed by atoms with E-state index in [2.05, 4.69) is 35.1 Å². The van der Waals surface area contributed by atoms with Crippen molar-refractivity contribution in [2.45, 2.75) is 77.1 Å². The van der Waals surface area contributed by atoms with Gasteiger partial charge in [0.25, 0.3) is 5.91 Å². The summed E-state index contributed by atoms with van der Waals surface area (Å²) in [5.41, 5.74) is 2.27. The second kappa shape index (κ2) is 9.95. The third kappa shape index (κ3) is 5.65. The molecule has 1 saturated carbocycles. The summed E-state index contributed by atoms with van der Waals surface area (Å²) in [5.74, 6) is 0.559. The van der Waals surface area contributed by atoms with Gasteiger partial charge in [0.1, 0.15) is 23.1 Å². The Balaban J connectivity index is 1.17. The molecule has 0 radical (unpaired) electrons. The lowest BCUT2D eigenvalue weighted by molar-refractivity contribution is 0.0210. The maximum Gasteiger partial charge on any atom is 0.410 e. The molecule has 196 valence electrons. The summed E-state index contributed by atoms with van der Waals surface area (Å²) in [4.78, 5) is 44.5. The van der Waals surface area contributed by atoms with Crippen LogP contribution in [-0.2, 0) is 4.74 Å². The molecule has 1 aliphatic heterocycles. The summed E-state index contributed by atoms with van der Waals surface area (Å²) in [6.45, 7) is 8.76. The second-order valence-electron chi connectivity index (χ2n) is 10.9. The van der Waals surface area contributed by atoms with Crippen molar-refractivity contribution in [2.24, 2.45) is 0 Å². The molecule has 2 aliphatic rings. The van der Waals surface area contributed by atoms with Gasteiger partial charge in [-0.05, 0) is 65.5 Å². The lowest BCUT2D eigenvalue weighted by atomic mass is 9.86. The van der Waals surface area contributed by atoms with Crippen LogP contribution in [0.2, 0.25) is 0 Å². The van der Waals surface area contributed by atoms with Crippen molar-refractivity contribution in [3.05, 3.63) is 42.2 Å². The average Bonchev–Trinajstić information content (AvgIpc) is 3.25. The molecule has 0 unspecified atom stereocenters. The standard InChI is InChI=1S/C26H34N8O3/c1-16-6-5-7-20(30-16)24(35)32-18-12-19(13-18)34-15-29-21-22(27-14-28-23(21)34)31-17-8-10-33(11-9-17)25(36)37-26(2,3)4/h5-7,14-15,17-19H,8-13H2,1-4H3,(H,32,35)(H,27,28,31). The number of carbonyl (C=O) groups is 2. The highest BCUT2D eigenvalue weighted by atomic mass is 16.6. The predicted molar refractivity (Wildman–Crippen MR) is 138 cm³/mol. The molecule has 11 heteroatoms. The largest absolute Gasteiger partial charge is 0.444 e. The average molecular weight is 507 g/mol. The molecule has 2 N–H and O–H groups in total. The summed E-state index contributed by atoms with van der Waals surface area (Å²) in [7, 11) is 0. The van der Waals surface area contributed by atoms with Crippen molar-refractivity contribution in [3.8, 4) is 0 Å². The van der Waals surface area contributed by atoms with Crippen LogP contribution in [0, 0.1) is 6.92 Å². The van der Waals surface area contributed by atoms with Crippen LogP contribution in [0.5, 0.6) is 0 Å². The van der Waals surface area contributed by atoms with Crippen LogP contribution in [0.4, 0.5) is 10.6 Å². The third-order valence-electron chi connectivity index (χ3n) is 6.81. The van der Waals surface area contributed by atoms with Crippen LogP contribution in [0.15, 0.2) is 30.9 Å². The minimum atomic E-state index is -0.498. The molecule has 37 heavy (non-hydrogen) atoms. The van der Waals surface area contributed by atoms with E-state index in [0.29, 0.717) is 24.6 Å².